The summed E-state index contributed by atoms with van der Waals surface area (Å²) < 4.78 is 0. The Morgan fingerprint density at radius 1 is 1.50 bits per heavy atom. The lowest BCUT2D eigenvalue weighted by atomic mass is 9.99. The Bertz CT molecular complexity index is 347. The van der Waals surface area contributed by atoms with Crippen molar-refractivity contribution in [3.63, 3.8) is 0 Å². The second-order valence-electron chi connectivity index (χ2n) is 3.91. The topological polar surface area (TPSA) is 44.5 Å². The zero-order chi connectivity index (χ0) is 10.1. The fraction of sp³-hybridized carbons (Fsp3) is 0.455. The van der Waals surface area contributed by atoms with Crippen molar-refractivity contribution in [2.45, 2.75) is 32.9 Å². The van der Waals surface area contributed by atoms with Gasteiger partial charge >= 0.3 is 0 Å². The van der Waals surface area contributed by atoms with E-state index in [-0.39, 0.29) is 6.04 Å². The zero-order valence-corrected chi connectivity index (χ0v) is 8.54. The molecule has 1 aromatic carbocycles. The monoisotopic (exact) mass is 193 g/mol. The highest BCUT2D eigenvalue weighted by Gasteiger charge is 2.16. The van der Waals surface area contributed by atoms with Crippen molar-refractivity contribution in [1.82, 2.24) is 0 Å². The summed E-state index contributed by atoms with van der Waals surface area (Å²) in [6.07, 6.45) is 0.902. The summed E-state index contributed by atoms with van der Waals surface area (Å²) in [5.74, 6) is 0.843. The summed E-state index contributed by atoms with van der Waals surface area (Å²) in [7, 11) is 0. The fourth-order valence-electron chi connectivity index (χ4n) is 1.69. The van der Waals surface area contributed by atoms with Crippen LogP contribution in [-0.2, 0) is 17.9 Å². The van der Waals surface area contributed by atoms with Crippen molar-refractivity contribution in [3.05, 3.63) is 28.8 Å². The smallest absolute Gasteiger partial charge is 0.171 e. The van der Waals surface area contributed by atoms with Gasteiger partial charge in [0.1, 0.15) is 6.61 Å². The van der Waals surface area contributed by atoms with Gasteiger partial charge in [-0.2, -0.15) is 4.89 Å². The Morgan fingerprint density at radius 3 is 3.00 bits per heavy atom. The van der Waals surface area contributed by atoms with E-state index in [0.29, 0.717) is 6.61 Å². The van der Waals surface area contributed by atoms with Crippen LogP contribution in [0.5, 0.6) is 5.75 Å². The van der Waals surface area contributed by atoms with Crippen molar-refractivity contribution in [3.8, 4) is 5.75 Å². The van der Waals surface area contributed by atoms with Crippen LogP contribution < -0.4 is 10.6 Å². The Morgan fingerprint density at radius 2 is 2.29 bits per heavy atom. The molecule has 76 valence electrons. The third-order valence-corrected chi connectivity index (χ3v) is 2.42. The van der Waals surface area contributed by atoms with Crippen molar-refractivity contribution in [1.29, 1.82) is 0 Å². The molecule has 0 spiro atoms. The van der Waals surface area contributed by atoms with E-state index < -0.39 is 0 Å². The van der Waals surface area contributed by atoms with Gasteiger partial charge in [-0.05, 0) is 43.5 Å². The second kappa shape index (κ2) is 3.59. The minimum absolute atomic E-state index is 0.190. The molecule has 2 N–H and O–H groups in total. The van der Waals surface area contributed by atoms with Gasteiger partial charge in [-0.15, -0.1) is 0 Å². The molecule has 0 fully saturated rings. The van der Waals surface area contributed by atoms with Gasteiger partial charge in [0.05, 0.1) is 0 Å². The first-order chi connectivity index (χ1) is 6.66. The number of aryl methyl sites for hydroxylation is 1. The van der Waals surface area contributed by atoms with Gasteiger partial charge < -0.3 is 10.6 Å². The van der Waals surface area contributed by atoms with Crippen LogP contribution in [0, 0.1) is 6.92 Å². The molecular weight excluding hydrogens is 178 g/mol. The molecule has 14 heavy (non-hydrogen) atoms. The molecule has 0 bridgehead atoms. The van der Waals surface area contributed by atoms with E-state index in [4.69, 9.17) is 15.5 Å². The van der Waals surface area contributed by atoms with Crippen LogP contribution in [0.15, 0.2) is 12.1 Å². The van der Waals surface area contributed by atoms with Gasteiger partial charge in [-0.25, -0.2) is 0 Å². The van der Waals surface area contributed by atoms with Crippen molar-refractivity contribution in [2.75, 3.05) is 0 Å². The maximum Gasteiger partial charge on any atom is 0.171 e. The van der Waals surface area contributed by atoms with Crippen molar-refractivity contribution >= 4 is 0 Å². The Balaban J connectivity index is 2.32. The molecule has 0 radical (unpaired) electrons. The minimum Gasteiger partial charge on any atom is -0.337 e. The van der Waals surface area contributed by atoms with Gasteiger partial charge in [-0.3, -0.25) is 0 Å². The van der Waals surface area contributed by atoms with Crippen molar-refractivity contribution < 1.29 is 9.78 Å². The average molecular weight is 193 g/mol. The first kappa shape index (κ1) is 9.49. The van der Waals surface area contributed by atoms with Crippen LogP contribution in [0.4, 0.5) is 0 Å². The van der Waals surface area contributed by atoms with E-state index in [2.05, 4.69) is 13.0 Å². The highest BCUT2D eigenvalue weighted by atomic mass is 17.2. The molecule has 0 aromatic heterocycles. The fourth-order valence-corrected chi connectivity index (χ4v) is 1.69. The largest absolute Gasteiger partial charge is 0.337 e. The summed E-state index contributed by atoms with van der Waals surface area (Å²) >= 11 is 0. The molecule has 3 heteroatoms. The lowest BCUT2D eigenvalue weighted by molar-refractivity contribution is -0.194. The van der Waals surface area contributed by atoms with E-state index in [1.165, 1.54) is 11.1 Å². The third kappa shape index (κ3) is 1.74. The molecule has 1 aliphatic heterocycles. The van der Waals surface area contributed by atoms with E-state index >= 15 is 0 Å². The van der Waals surface area contributed by atoms with Crippen molar-refractivity contribution in [2.24, 2.45) is 5.73 Å². The molecule has 3 nitrogen and oxygen atoms in total. The summed E-state index contributed by atoms with van der Waals surface area (Å²) in [6.45, 7) is 4.63. The van der Waals surface area contributed by atoms with E-state index in [9.17, 15) is 0 Å². The first-order valence-corrected chi connectivity index (χ1v) is 4.84. The molecule has 1 aromatic rings. The zero-order valence-electron chi connectivity index (χ0n) is 8.54. The molecule has 1 unspecified atom stereocenters. The quantitative estimate of drug-likeness (QED) is 0.727. The molecule has 2 rings (SSSR count). The number of rotatable bonds is 2. The minimum atomic E-state index is 0.190. The summed E-state index contributed by atoms with van der Waals surface area (Å²) in [4.78, 5) is 9.91. The first-order valence-electron chi connectivity index (χ1n) is 4.84. The molecule has 0 aliphatic carbocycles. The highest BCUT2D eigenvalue weighted by Crippen LogP contribution is 2.29. The second-order valence-corrected chi connectivity index (χ2v) is 3.91. The van der Waals surface area contributed by atoms with Crippen LogP contribution >= 0.6 is 0 Å². The predicted molar refractivity (Wildman–Crippen MR) is 53.9 cm³/mol. The number of fused-ring (bicyclic) bond motifs is 1. The Hall–Kier alpha value is -1.06. The third-order valence-electron chi connectivity index (χ3n) is 2.42. The molecule has 0 saturated carbocycles. The molecule has 0 saturated heterocycles. The average Bonchev–Trinajstić information content (AvgIpc) is 2.51. The van der Waals surface area contributed by atoms with Crippen LogP contribution in [0.3, 0.4) is 0 Å². The van der Waals surface area contributed by atoms with Gasteiger partial charge in [0.25, 0.3) is 0 Å². The molecule has 1 aliphatic rings. The summed E-state index contributed by atoms with van der Waals surface area (Å²) in [5.41, 5.74) is 9.39. The summed E-state index contributed by atoms with van der Waals surface area (Å²) in [5, 5.41) is 0. The molecule has 1 heterocycles. The van der Waals surface area contributed by atoms with Gasteiger partial charge in [0.2, 0.25) is 0 Å². The number of benzene rings is 1. The predicted octanol–water partition coefficient (Wildman–Crippen LogP) is 1.71. The Kier molecular flexibility index (Phi) is 2.44. The molecular formula is C11H15NO2. The molecule has 0 amide bonds. The standard InChI is InChI=1S/C11H15NO2/c1-7-3-11-10(6-13-14-11)5-9(7)4-8(2)12/h3,5,8H,4,6,12H2,1-2H3. The lowest BCUT2D eigenvalue weighted by Crippen LogP contribution is -2.18. The van der Waals surface area contributed by atoms with Crippen LogP contribution in [0.2, 0.25) is 0 Å². The van der Waals surface area contributed by atoms with E-state index in [1.54, 1.807) is 0 Å². The maximum absolute atomic E-state index is 5.78. The normalized spacial score (nSPS) is 16.2. The molecule has 1 atom stereocenters. The van der Waals surface area contributed by atoms with Gasteiger partial charge in [0, 0.05) is 11.6 Å². The van der Waals surface area contributed by atoms with Crippen LogP contribution in [0.25, 0.3) is 0 Å². The van der Waals surface area contributed by atoms with Crippen LogP contribution in [-0.4, -0.2) is 6.04 Å². The van der Waals surface area contributed by atoms with Gasteiger partial charge in [0.15, 0.2) is 5.75 Å². The summed E-state index contributed by atoms with van der Waals surface area (Å²) in [6, 6.07) is 4.33. The lowest BCUT2D eigenvalue weighted by Gasteiger charge is -2.09. The SMILES string of the molecule is Cc1cc2c(cc1CC(C)N)COO2. The number of hydrogen-bond acceptors (Lipinski definition) is 3. The van der Waals surface area contributed by atoms with E-state index in [0.717, 1.165) is 17.7 Å². The maximum atomic E-state index is 5.78. The number of nitrogens with two attached hydrogens (primary N) is 1. The van der Waals surface area contributed by atoms with Gasteiger partial charge in [-0.1, -0.05) is 0 Å². The van der Waals surface area contributed by atoms with E-state index in [1.807, 2.05) is 13.0 Å². The highest BCUT2D eigenvalue weighted by molar-refractivity contribution is 5.43. The number of hydrogen-bond donors (Lipinski definition) is 1. The van der Waals surface area contributed by atoms with Crippen LogP contribution in [0.1, 0.15) is 23.6 Å². The Labute approximate surface area is 83.7 Å².